The van der Waals surface area contributed by atoms with Crippen molar-refractivity contribution in [2.45, 2.75) is 70.4 Å². The van der Waals surface area contributed by atoms with Gasteiger partial charge in [-0.3, -0.25) is 9.59 Å². The van der Waals surface area contributed by atoms with E-state index in [1.807, 2.05) is 18.2 Å². The van der Waals surface area contributed by atoms with Gasteiger partial charge in [0.25, 0.3) is 0 Å². The molecule has 1 aliphatic heterocycles. The molecule has 2 heterocycles. The maximum Gasteiger partial charge on any atom is 0.243 e. The van der Waals surface area contributed by atoms with E-state index in [0.717, 1.165) is 30.2 Å². The number of rotatable bonds is 6. The van der Waals surface area contributed by atoms with E-state index in [-0.39, 0.29) is 17.9 Å². The maximum absolute atomic E-state index is 12.7. The summed E-state index contributed by atoms with van der Waals surface area (Å²) in [5, 5.41) is 7.49. The summed E-state index contributed by atoms with van der Waals surface area (Å²) >= 11 is 0. The van der Waals surface area contributed by atoms with Crippen LogP contribution in [-0.2, 0) is 16.1 Å². The Balaban J connectivity index is 0.00000132. The number of likely N-dealkylation sites (tertiary alicyclic amines) is 1. The van der Waals surface area contributed by atoms with Crippen molar-refractivity contribution in [3.63, 3.8) is 0 Å². The van der Waals surface area contributed by atoms with Gasteiger partial charge in [0.05, 0.1) is 5.39 Å². The van der Waals surface area contributed by atoms with Crippen molar-refractivity contribution in [1.82, 2.24) is 15.4 Å². The second-order valence-electron chi connectivity index (χ2n) is 8.40. The molecule has 0 spiro atoms. The fraction of sp³-hybridized carbons (Fsp3) is 0.542. The van der Waals surface area contributed by atoms with Gasteiger partial charge >= 0.3 is 0 Å². The van der Waals surface area contributed by atoms with Crippen LogP contribution in [0.3, 0.4) is 0 Å². The largest absolute Gasteiger partial charge is 0.380 e. The van der Waals surface area contributed by atoms with Gasteiger partial charge in [-0.15, -0.1) is 12.8 Å². The molecule has 4 rings (SSSR count). The van der Waals surface area contributed by atoms with Crippen molar-refractivity contribution in [3.05, 3.63) is 23.8 Å². The van der Waals surface area contributed by atoms with Gasteiger partial charge in [-0.25, -0.2) is 0 Å². The van der Waals surface area contributed by atoms with E-state index in [9.17, 15) is 9.59 Å². The fourth-order valence-electron chi connectivity index (χ4n) is 4.70. The molecule has 1 saturated heterocycles. The lowest BCUT2D eigenvalue weighted by Gasteiger charge is -2.26. The number of terminal acetylenes is 1. The summed E-state index contributed by atoms with van der Waals surface area (Å²) in [7, 11) is 0. The molecular formula is C24H32N4O3. The molecule has 7 heteroatoms. The van der Waals surface area contributed by atoms with Crippen LogP contribution in [0.15, 0.2) is 22.7 Å². The van der Waals surface area contributed by atoms with Gasteiger partial charge in [0.15, 0.2) is 11.4 Å². The SMILES string of the molecule is C#C.Nc1noc2cc(CNC(=O)[C@@H]3CCCN3C(=O)CCC3CCCCC3)ccc12. The van der Waals surface area contributed by atoms with Crippen molar-refractivity contribution in [2.24, 2.45) is 5.92 Å². The molecule has 1 atom stereocenters. The summed E-state index contributed by atoms with van der Waals surface area (Å²) < 4.78 is 5.18. The Bertz CT molecular complexity index is 914. The predicted molar refractivity (Wildman–Crippen MR) is 121 cm³/mol. The molecule has 0 bridgehead atoms. The van der Waals surface area contributed by atoms with E-state index in [1.54, 1.807) is 4.90 Å². The monoisotopic (exact) mass is 424 g/mol. The summed E-state index contributed by atoms with van der Waals surface area (Å²) in [5.74, 6) is 1.10. The second-order valence-corrected chi connectivity index (χ2v) is 8.40. The first-order chi connectivity index (χ1) is 15.1. The first kappa shape index (κ1) is 22.7. The number of aromatic nitrogens is 1. The first-order valence-electron chi connectivity index (χ1n) is 11.2. The van der Waals surface area contributed by atoms with Crippen LogP contribution in [0.5, 0.6) is 0 Å². The van der Waals surface area contributed by atoms with Gasteiger partial charge in [0.2, 0.25) is 11.8 Å². The van der Waals surface area contributed by atoms with E-state index in [2.05, 4.69) is 23.3 Å². The van der Waals surface area contributed by atoms with Crippen LogP contribution >= 0.6 is 0 Å². The average molecular weight is 425 g/mol. The summed E-state index contributed by atoms with van der Waals surface area (Å²) in [6.45, 7) is 1.07. The number of nitrogens with two attached hydrogens (primary N) is 1. The number of nitrogen functional groups attached to an aromatic ring is 1. The van der Waals surface area contributed by atoms with Crippen LogP contribution in [0.25, 0.3) is 11.0 Å². The number of hydrogen-bond acceptors (Lipinski definition) is 5. The third-order valence-electron chi connectivity index (χ3n) is 6.40. The van der Waals surface area contributed by atoms with E-state index < -0.39 is 0 Å². The molecule has 2 aromatic rings. The van der Waals surface area contributed by atoms with Gasteiger partial charge in [0.1, 0.15) is 6.04 Å². The predicted octanol–water partition coefficient (Wildman–Crippen LogP) is 3.63. The van der Waals surface area contributed by atoms with Crippen molar-refractivity contribution in [2.75, 3.05) is 12.3 Å². The number of amides is 2. The molecule has 3 N–H and O–H groups in total. The minimum atomic E-state index is -0.349. The molecular weight excluding hydrogens is 392 g/mol. The summed E-state index contributed by atoms with van der Waals surface area (Å²) in [4.78, 5) is 27.3. The minimum Gasteiger partial charge on any atom is -0.380 e. The molecule has 7 nitrogen and oxygen atoms in total. The standard InChI is InChI=1S/C22H30N4O3.C2H2/c23-21-17-10-8-16(13-19(17)29-25-21)14-24-22(28)18-7-4-12-26(18)20(27)11-9-15-5-2-1-3-6-15;1-2/h8,10,13,15,18H,1-7,9,11-12,14H2,(H2,23,25)(H,24,28);1-2H/t18-;/m0./s1. The summed E-state index contributed by atoms with van der Waals surface area (Å²) in [6.07, 6.45) is 17.6. The van der Waals surface area contributed by atoms with Crippen LogP contribution in [0.4, 0.5) is 5.82 Å². The number of nitrogens with one attached hydrogen (secondary N) is 1. The minimum absolute atomic E-state index is 0.0781. The number of hydrogen-bond donors (Lipinski definition) is 2. The van der Waals surface area contributed by atoms with Gasteiger partial charge in [-0.05, 0) is 42.9 Å². The molecule has 2 fully saturated rings. The van der Waals surface area contributed by atoms with Crippen molar-refractivity contribution in [3.8, 4) is 12.8 Å². The van der Waals surface area contributed by atoms with E-state index in [1.165, 1.54) is 32.1 Å². The van der Waals surface area contributed by atoms with Gasteiger partial charge in [0, 0.05) is 19.5 Å². The topological polar surface area (TPSA) is 101 Å². The molecule has 31 heavy (non-hydrogen) atoms. The maximum atomic E-state index is 12.7. The molecule has 2 amide bonds. The highest BCUT2D eigenvalue weighted by molar-refractivity contribution is 5.89. The molecule has 2 aliphatic rings. The van der Waals surface area contributed by atoms with Crippen LogP contribution in [0.2, 0.25) is 0 Å². The van der Waals surface area contributed by atoms with Crippen molar-refractivity contribution in [1.29, 1.82) is 0 Å². The Morgan fingerprint density at radius 1 is 1.16 bits per heavy atom. The number of carbonyl (C=O) groups excluding carboxylic acids is 2. The van der Waals surface area contributed by atoms with E-state index in [0.29, 0.717) is 36.8 Å². The molecule has 166 valence electrons. The zero-order valence-electron chi connectivity index (χ0n) is 18.0. The number of fused-ring (bicyclic) bond motifs is 1. The number of anilines is 1. The molecule has 1 aliphatic carbocycles. The third kappa shape index (κ3) is 5.57. The molecule has 1 aromatic carbocycles. The highest BCUT2D eigenvalue weighted by Gasteiger charge is 2.33. The second kappa shape index (κ2) is 10.9. The lowest BCUT2D eigenvalue weighted by atomic mass is 9.86. The Hall–Kier alpha value is -3.01. The normalized spacial score (nSPS) is 19.0. The third-order valence-corrected chi connectivity index (χ3v) is 6.40. The smallest absolute Gasteiger partial charge is 0.243 e. The summed E-state index contributed by atoms with van der Waals surface area (Å²) in [5.41, 5.74) is 7.25. The van der Waals surface area contributed by atoms with Gasteiger partial charge < -0.3 is 20.5 Å². The number of benzene rings is 1. The number of carbonyl (C=O) groups is 2. The zero-order valence-corrected chi connectivity index (χ0v) is 18.0. The van der Waals surface area contributed by atoms with Gasteiger partial charge in [-0.2, -0.15) is 0 Å². The van der Waals surface area contributed by atoms with E-state index >= 15 is 0 Å². The molecule has 1 aromatic heterocycles. The molecule has 1 saturated carbocycles. The van der Waals surface area contributed by atoms with Crippen LogP contribution in [0, 0.1) is 18.8 Å². The molecule has 0 radical (unpaired) electrons. The average Bonchev–Trinajstić information content (AvgIpc) is 3.45. The Morgan fingerprint density at radius 2 is 1.94 bits per heavy atom. The lowest BCUT2D eigenvalue weighted by Crippen LogP contribution is -2.45. The van der Waals surface area contributed by atoms with Crippen molar-refractivity contribution < 1.29 is 14.1 Å². The first-order valence-corrected chi connectivity index (χ1v) is 11.2. The van der Waals surface area contributed by atoms with Crippen LogP contribution in [-0.4, -0.2) is 34.5 Å². The molecule has 0 unspecified atom stereocenters. The van der Waals surface area contributed by atoms with E-state index in [4.69, 9.17) is 10.3 Å². The van der Waals surface area contributed by atoms with Crippen LogP contribution < -0.4 is 11.1 Å². The highest BCUT2D eigenvalue weighted by atomic mass is 16.5. The Kier molecular flexibility index (Phi) is 7.94. The van der Waals surface area contributed by atoms with Crippen LogP contribution in [0.1, 0.15) is 63.4 Å². The fourth-order valence-corrected chi connectivity index (χ4v) is 4.70. The quantitative estimate of drug-likeness (QED) is 0.690. The highest BCUT2D eigenvalue weighted by Crippen LogP contribution is 2.28. The Morgan fingerprint density at radius 3 is 2.71 bits per heavy atom. The lowest BCUT2D eigenvalue weighted by molar-refractivity contribution is -0.138. The Labute approximate surface area is 183 Å². The summed E-state index contributed by atoms with van der Waals surface area (Å²) in [6, 6.07) is 5.23. The number of nitrogens with zero attached hydrogens (tertiary/aromatic N) is 2. The van der Waals surface area contributed by atoms with Gasteiger partial charge in [-0.1, -0.05) is 43.3 Å². The van der Waals surface area contributed by atoms with Crippen molar-refractivity contribution >= 4 is 28.6 Å². The zero-order chi connectivity index (χ0) is 22.2.